The normalized spacial score (nSPS) is 22.1. The van der Waals surface area contributed by atoms with Crippen LogP contribution in [0.1, 0.15) is 11.7 Å². The minimum atomic E-state index is -0.515. The smallest absolute Gasteiger partial charge is 0.227 e. The van der Waals surface area contributed by atoms with Crippen molar-refractivity contribution in [2.24, 2.45) is 5.92 Å². The fourth-order valence-electron chi connectivity index (χ4n) is 2.39. The molecule has 1 saturated heterocycles. The van der Waals surface area contributed by atoms with Gasteiger partial charge in [-0.15, -0.1) is 0 Å². The van der Waals surface area contributed by atoms with E-state index in [9.17, 15) is 9.18 Å². The van der Waals surface area contributed by atoms with Crippen molar-refractivity contribution in [1.82, 2.24) is 10.6 Å². The van der Waals surface area contributed by atoms with E-state index in [1.54, 1.807) is 13.2 Å². The number of benzene rings is 1. The van der Waals surface area contributed by atoms with Crippen molar-refractivity contribution in [2.75, 3.05) is 40.0 Å². The molecule has 2 N–H and O–H groups in total. The molecular formula is C15H20ClFN2O3. The Morgan fingerprint density at radius 3 is 3.14 bits per heavy atom. The summed E-state index contributed by atoms with van der Waals surface area (Å²) in [6.45, 7) is 2.43. The van der Waals surface area contributed by atoms with Gasteiger partial charge in [-0.05, 0) is 17.7 Å². The molecule has 0 saturated carbocycles. The third-order valence-corrected chi connectivity index (χ3v) is 3.83. The second-order valence-corrected chi connectivity index (χ2v) is 5.47. The lowest BCUT2D eigenvalue weighted by atomic mass is 9.94. The summed E-state index contributed by atoms with van der Waals surface area (Å²) >= 11 is 5.71. The van der Waals surface area contributed by atoms with Crippen molar-refractivity contribution in [3.63, 3.8) is 0 Å². The molecule has 0 aromatic heterocycles. The summed E-state index contributed by atoms with van der Waals surface area (Å²) in [5.74, 6) is -1.11. The Bertz CT molecular complexity index is 516. The maximum Gasteiger partial charge on any atom is 0.227 e. The summed E-state index contributed by atoms with van der Waals surface area (Å²) in [7, 11) is 1.57. The standard InChI is InChI=1S/C15H20ClFN2O3/c1-21-6-5-19-15(20)11-9-18-4-7-22-14(11)10-2-3-12(16)13(17)8-10/h2-3,8,11,14,18H,4-7,9H2,1H3,(H,19,20)/t11-,14+/m1/s1. The first kappa shape index (κ1) is 17.1. The fourth-order valence-corrected chi connectivity index (χ4v) is 2.51. The number of methoxy groups -OCH3 is 1. The molecule has 7 heteroatoms. The Balaban J connectivity index is 2.16. The summed E-state index contributed by atoms with van der Waals surface area (Å²) in [6, 6.07) is 4.50. The minimum Gasteiger partial charge on any atom is -0.383 e. The highest BCUT2D eigenvalue weighted by molar-refractivity contribution is 6.30. The first-order valence-corrected chi connectivity index (χ1v) is 7.55. The highest BCUT2D eigenvalue weighted by Crippen LogP contribution is 2.29. The highest BCUT2D eigenvalue weighted by Gasteiger charge is 2.32. The van der Waals surface area contributed by atoms with Gasteiger partial charge < -0.3 is 20.1 Å². The van der Waals surface area contributed by atoms with E-state index in [2.05, 4.69) is 10.6 Å². The van der Waals surface area contributed by atoms with Crippen LogP contribution in [0.2, 0.25) is 5.02 Å². The lowest BCUT2D eigenvalue weighted by Crippen LogP contribution is -2.40. The zero-order valence-corrected chi connectivity index (χ0v) is 13.2. The van der Waals surface area contributed by atoms with Crippen LogP contribution >= 0.6 is 11.6 Å². The van der Waals surface area contributed by atoms with Gasteiger partial charge in [0.2, 0.25) is 5.91 Å². The van der Waals surface area contributed by atoms with Gasteiger partial charge >= 0.3 is 0 Å². The number of ether oxygens (including phenoxy) is 2. The van der Waals surface area contributed by atoms with Crippen LogP contribution in [0, 0.1) is 11.7 Å². The van der Waals surface area contributed by atoms with E-state index in [0.29, 0.717) is 38.4 Å². The first-order chi connectivity index (χ1) is 10.6. The maximum atomic E-state index is 13.7. The molecule has 2 rings (SSSR count). The van der Waals surface area contributed by atoms with Gasteiger partial charge in [0.25, 0.3) is 0 Å². The third kappa shape index (κ3) is 4.39. The van der Waals surface area contributed by atoms with E-state index in [1.165, 1.54) is 12.1 Å². The average molecular weight is 331 g/mol. The summed E-state index contributed by atoms with van der Waals surface area (Å²) in [5, 5.41) is 6.01. The summed E-state index contributed by atoms with van der Waals surface area (Å²) in [6.07, 6.45) is -0.510. The molecule has 0 unspecified atom stereocenters. The van der Waals surface area contributed by atoms with Gasteiger partial charge in [-0.1, -0.05) is 17.7 Å². The Hall–Kier alpha value is -1.21. The molecule has 122 valence electrons. The average Bonchev–Trinajstić information content (AvgIpc) is 2.76. The lowest BCUT2D eigenvalue weighted by Gasteiger charge is -2.24. The van der Waals surface area contributed by atoms with E-state index in [1.807, 2.05) is 0 Å². The molecule has 1 aliphatic rings. The van der Waals surface area contributed by atoms with Gasteiger partial charge in [-0.25, -0.2) is 4.39 Å². The molecule has 5 nitrogen and oxygen atoms in total. The van der Waals surface area contributed by atoms with Crippen molar-refractivity contribution < 1.29 is 18.7 Å². The number of nitrogens with one attached hydrogen (secondary N) is 2. The SMILES string of the molecule is COCCNC(=O)[C@@H]1CNCCO[C@H]1c1ccc(Cl)c(F)c1. The number of halogens is 2. The molecule has 0 aliphatic carbocycles. The molecular weight excluding hydrogens is 311 g/mol. The van der Waals surface area contributed by atoms with Crippen molar-refractivity contribution in [3.8, 4) is 0 Å². The summed E-state index contributed by atoms with van der Waals surface area (Å²) in [5.41, 5.74) is 0.609. The van der Waals surface area contributed by atoms with Crippen LogP contribution in [0.5, 0.6) is 0 Å². The van der Waals surface area contributed by atoms with Gasteiger partial charge in [-0.2, -0.15) is 0 Å². The Kier molecular flexibility index (Phi) is 6.57. The monoisotopic (exact) mass is 330 g/mol. The van der Waals surface area contributed by atoms with E-state index in [-0.39, 0.29) is 10.9 Å². The van der Waals surface area contributed by atoms with E-state index >= 15 is 0 Å². The minimum absolute atomic E-state index is 0.0524. The van der Waals surface area contributed by atoms with E-state index in [0.717, 1.165) is 0 Å². The van der Waals surface area contributed by atoms with Crippen molar-refractivity contribution in [2.45, 2.75) is 6.10 Å². The van der Waals surface area contributed by atoms with Crippen LogP contribution in [0.4, 0.5) is 4.39 Å². The molecule has 1 aromatic rings. The Labute approximate surface area is 134 Å². The quantitative estimate of drug-likeness (QED) is 0.804. The number of carbonyl (C=O) groups excluding carboxylic acids is 1. The fraction of sp³-hybridized carbons (Fsp3) is 0.533. The molecule has 1 aliphatic heterocycles. The Morgan fingerprint density at radius 1 is 1.59 bits per heavy atom. The van der Waals surface area contributed by atoms with Gasteiger partial charge in [-0.3, -0.25) is 4.79 Å². The molecule has 1 fully saturated rings. The molecule has 0 bridgehead atoms. The van der Waals surface area contributed by atoms with Gasteiger partial charge in [0.1, 0.15) is 5.82 Å². The number of rotatable bonds is 5. The van der Waals surface area contributed by atoms with Crippen LogP contribution in [0.25, 0.3) is 0 Å². The van der Waals surface area contributed by atoms with Crippen molar-refractivity contribution in [3.05, 3.63) is 34.6 Å². The third-order valence-electron chi connectivity index (χ3n) is 3.52. The predicted molar refractivity (Wildman–Crippen MR) is 81.3 cm³/mol. The van der Waals surface area contributed by atoms with Crippen LogP contribution in [-0.4, -0.2) is 45.9 Å². The zero-order valence-electron chi connectivity index (χ0n) is 12.4. The predicted octanol–water partition coefficient (Wildman–Crippen LogP) is 1.52. The summed E-state index contributed by atoms with van der Waals surface area (Å²) < 4.78 is 24.4. The van der Waals surface area contributed by atoms with Gasteiger partial charge in [0.05, 0.1) is 30.3 Å². The molecule has 1 heterocycles. The number of hydrogen-bond donors (Lipinski definition) is 2. The molecule has 2 atom stereocenters. The van der Waals surface area contributed by atoms with Gasteiger partial charge in [0.15, 0.2) is 0 Å². The molecule has 22 heavy (non-hydrogen) atoms. The lowest BCUT2D eigenvalue weighted by molar-refractivity contribution is -0.129. The highest BCUT2D eigenvalue weighted by atomic mass is 35.5. The molecule has 0 spiro atoms. The number of hydrogen-bond acceptors (Lipinski definition) is 4. The van der Waals surface area contributed by atoms with E-state index in [4.69, 9.17) is 21.1 Å². The van der Waals surface area contributed by atoms with Crippen molar-refractivity contribution in [1.29, 1.82) is 0 Å². The van der Waals surface area contributed by atoms with Crippen LogP contribution in [0.3, 0.4) is 0 Å². The first-order valence-electron chi connectivity index (χ1n) is 7.17. The Morgan fingerprint density at radius 2 is 2.41 bits per heavy atom. The van der Waals surface area contributed by atoms with E-state index < -0.39 is 17.8 Å². The number of carbonyl (C=O) groups is 1. The maximum absolute atomic E-state index is 13.7. The second-order valence-electron chi connectivity index (χ2n) is 5.06. The van der Waals surface area contributed by atoms with Crippen LogP contribution < -0.4 is 10.6 Å². The zero-order chi connectivity index (χ0) is 15.9. The second kappa shape index (κ2) is 8.43. The summed E-state index contributed by atoms with van der Waals surface area (Å²) in [4.78, 5) is 12.4. The molecule has 1 aromatic carbocycles. The van der Waals surface area contributed by atoms with Crippen LogP contribution in [0.15, 0.2) is 18.2 Å². The van der Waals surface area contributed by atoms with Crippen LogP contribution in [-0.2, 0) is 14.3 Å². The number of amides is 1. The van der Waals surface area contributed by atoms with Gasteiger partial charge in [0, 0.05) is 26.7 Å². The molecule has 1 amide bonds. The topological polar surface area (TPSA) is 59.6 Å². The molecule has 0 radical (unpaired) electrons. The van der Waals surface area contributed by atoms with Crippen molar-refractivity contribution >= 4 is 17.5 Å². The largest absolute Gasteiger partial charge is 0.383 e.